The molecule has 3 N–H and O–H groups in total. The highest BCUT2D eigenvalue weighted by Crippen LogP contribution is 2.17. The Balaban J connectivity index is 2.02. The number of hydrogen-bond acceptors (Lipinski definition) is 3. The maximum absolute atomic E-state index is 13.8. The topological polar surface area (TPSA) is 55.1 Å². The summed E-state index contributed by atoms with van der Waals surface area (Å²) in [5.41, 5.74) is 6.99. The molecule has 0 saturated heterocycles. The Morgan fingerprint density at radius 1 is 1.47 bits per heavy atom. The third kappa shape index (κ3) is 3.39. The highest BCUT2D eigenvalue weighted by atomic mass is 32.1. The van der Waals surface area contributed by atoms with Crippen LogP contribution in [0, 0.1) is 5.82 Å². The number of thiophene rings is 1. The van der Waals surface area contributed by atoms with Crippen LogP contribution < -0.4 is 11.1 Å². The molecule has 0 bridgehead atoms. The monoisotopic (exact) mass is 278 g/mol. The van der Waals surface area contributed by atoms with E-state index in [1.165, 1.54) is 17.7 Å². The predicted molar refractivity (Wildman–Crippen MR) is 74.5 cm³/mol. The average Bonchev–Trinajstić information content (AvgIpc) is 2.90. The molecule has 1 aromatic carbocycles. The first-order valence-electron chi connectivity index (χ1n) is 5.91. The second-order valence-electron chi connectivity index (χ2n) is 4.33. The van der Waals surface area contributed by atoms with E-state index in [4.69, 9.17) is 5.73 Å². The van der Waals surface area contributed by atoms with Crippen molar-refractivity contribution in [2.24, 2.45) is 5.73 Å². The first-order valence-corrected chi connectivity index (χ1v) is 6.86. The molecule has 0 fully saturated rings. The van der Waals surface area contributed by atoms with Gasteiger partial charge in [0, 0.05) is 23.7 Å². The van der Waals surface area contributed by atoms with Gasteiger partial charge < -0.3 is 11.1 Å². The molecule has 5 heteroatoms. The summed E-state index contributed by atoms with van der Waals surface area (Å²) in [6, 6.07) is 6.49. The van der Waals surface area contributed by atoms with Gasteiger partial charge in [0.05, 0.1) is 0 Å². The van der Waals surface area contributed by atoms with Gasteiger partial charge in [-0.25, -0.2) is 4.39 Å². The lowest BCUT2D eigenvalue weighted by Gasteiger charge is -2.13. The molecule has 0 radical (unpaired) electrons. The molecule has 3 nitrogen and oxygen atoms in total. The van der Waals surface area contributed by atoms with Crippen LogP contribution in [0.5, 0.6) is 0 Å². The minimum absolute atomic E-state index is 0.154. The maximum Gasteiger partial charge on any atom is 0.248 e. The summed E-state index contributed by atoms with van der Waals surface area (Å²) >= 11 is 1.63. The van der Waals surface area contributed by atoms with E-state index in [1.807, 2.05) is 18.4 Å². The molecule has 1 heterocycles. The fourth-order valence-corrected chi connectivity index (χ4v) is 2.50. The molecule has 2 aromatic rings. The molecule has 100 valence electrons. The van der Waals surface area contributed by atoms with Crippen molar-refractivity contribution in [3.63, 3.8) is 0 Å². The molecule has 0 saturated carbocycles. The predicted octanol–water partition coefficient (Wildman–Crippen LogP) is 2.84. The van der Waals surface area contributed by atoms with E-state index in [9.17, 15) is 9.18 Å². The zero-order chi connectivity index (χ0) is 13.8. The van der Waals surface area contributed by atoms with Gasteiger partial charge in [0.15, 0.2) is 0 Å². The Kier molecular flexibility index (Phi) is 4.29. The van der Waals surface area contributed by atoms with E-state index in [-0.39, 0.29) is 11.6 Å². The molecule has 19 heavy (non-hydrogen) atoms. The number of amides is 1. The van der Waals surface area contributed by atoms with Gasteiger partial charge in [-0.1, -0.05) is 6.07 Å². The van der Waals surface area contributed by atoms with Crippen LogP contribution in [0.3, 0.4) is 0 Å². The minimum atomic E-state index is -0.620. The van der Waals surface area contributed by atoms with Crippen LogP contribution in [0.4, 0.5) is 4.39 Å². The lowest BCUT2D eigenvalue weighted by atomic mass is 10.1. The fraction of sp³-hybridized carbons (Fsp3) is 0.214. The summed E-state index contributed by atoms with van der Waals surface area (Å²) in [4.78, 5) is 10.9. The quantitative estimate of drug-likeness (QED) is 0.883. The Hall–Kier alpha value is -1.72. The molecule has 0 spiro atoms. The molecule has 1 atom stereocenters. The van der Waals surface area contributed by atoms with Crippen molar-refractivity contribution in [2.45, 2.75) is 19.5 Å². The molecular weight excluding hydrogens is 263 g/mol. The van der Waals surface area contributed by atoms with Crippen LogP contribution in [0.2, 0.25) is 0 Å². The van der Waals surface area contributed by atoms with E-state index < -0.39 is 11.7 Å². The maximum atomic E-state index is 13.8. The zero-order valence-corrected chi connectivity index (χ0v) is 11.3. The van der Waals surface area contributed by atoms with Gasteiger partial charge in [0.2, 0.25) is 5.91 Å². The number of nitrogens with one attached hydrogen (secondary N) is 1. The summed E-state index contributed by atoms with van der Waals surface area (Å²) in [5.74, 6) is -1.04. The first kappa shape index (κ1) is 13.7. The van der Waals surface area contributed by atoms with Crippen molar-refractivity contribution < 1.29 is 9.18 Å². The Labute approximate surface area is 115 Å². The lowest BCUT2D eigenvalue weighted by molar-refractivity contribution is 0.1000. The minimum Gasteiger partial charge on any atom is -0.366 e. The number of carbonyl (C=O) groups is 1. The van der Waals surface area contributed by atoms with Crippen molar-refractivity contribution in [3.05, 3.63) is 57.5 Å². The zero-order valence-electron chi connectivity index (χ0n) is 10.5. The van der Waals surface area contributed by atoms with E-state index >= 15 is 0 Å². The molecule has 0 aliphatic rings. The second-order valence-corrected chi connectivity index (χ2v) is 5.11. The van der Waals surface area contributed by atoms with Gasteiger partial charge in [-0.05, 0) is 41.4 Å². The normalized spacial score (nSPS) is 12.3. The number of nitrogens with two attached hydrogens (primary N) is 1. The SMILES string of the molecule is CC(NCc1ccc(C(N)=O)cc1F)c1ccsc1. The third-order valence-electron chi connectivity index (χ3n) is 2.98. The van der Waals surface area contributed by atoms with E-state index in [0.29, 0.717) is 12.1 Å². The molecule has 0 aliphatic heterocycles. The first-order chi connectivity index (χ1) is 9.08. The van der Waals surface area contributed by atoms with Gasteiger partial charge >= 0.3 is 0 Å². The molecule has 1 unspecified atom stereocenters. The molecule has 1 amide bonds. The van der Waals surface area contributed by atoms with Crippen LogP contribution in [-0.2, 0) is 6.54 Å². The molecule has 1 aromatic heterocycles. The van der Waals surface area contributed by atoms with Gasteiger partial charge in [-0.2, -0.15) is 11.3 Å². The van der Waals surface area contributed by atoms with Gasteiger partial charge in [0.25, 0.3) is 0 Å². The van der Waals surface area contributed by atoms with Crippen LogP contribution in [-0.4, -0.2) is 5.91 Å². The Morgan fingerprint density at radius 2 is 2.26 bits per heavy atom. The summed E-state index contributed by atoms with van der Waals surface area (Å²) in [6.45, 7) is 2.43. The van der Waals surface area contributed by atoms with Crippen molar-refractivity contribution in [2.75, 3.05) is 0 Å². The standard InChI is InChI=1S/C14H15FN2OS/c1-9(12-4-5-19-8-12)17-7-11-3-2-10(14(16)18)6-13(11)15/h2-6,8-9,17H,7H2,1H3,(H2,16,18). The summed E-state index contributed by atoms with van der Waals surface area (Å²) in [7, 11) is 0. The number of carbonyl (C=O) groups excluding carboxylic acids is 1. The van der Waals surface area contributed by atoms with E-state index in [1.54, 1.807) is 17.4 Å². The third-order valence-corrected chi connectivity index (χ3v) is 3.68. The van der Waals surface area contributed by atoms with Crippen LogP contribution in [0.15, 0.2) is 35.0 Å². The van der Waals surface area contributed by atoms with Gasteiger partial charge in [-0.3, -0.25) is 4.79 Å². The average molecular weight is 278 g/mol. The van der Waals surface area contributed by atoms with Crippen molar-refractivity contribution in [1.82, 2.24) is 5.32 Å². The fourth-order valence-electron chi connectivity index (χ4n) is 1.75. The summed E-state index contributed by atoms with van der Waals surface area (Å²) < 4.78 is 13.8. The lowest BCUT2D eigenvalue weighted by Crippen LogP contribution is -2.19. The number of rotatable bonds is 5. The smallest absolute Gasteiger partial charge is 0.248 e. The van der Waals surface area contributed by atoms with Gasteiger partial charge in [0.1, 0.15) is 5.82 Å². The van der Waals surface area contributed by atoms with Crippen LogP contribution in [0.1, 0.15) is 34.5 Å². The van der Waals surface area contributed by atoms with Crippen LogP contribution >= 0.6 is 11.3 Å². The molecular formula is C14H15FN2OS. The number of primary amides is 1. The Bertz CT molecular complexity index is 569. The van der Waals surface area contributed by atoms with Gasteiger partial charge in [-0.15, -0.1) is 0 Å². The highest BCUT2D eigenvalue weighted by molar-refractivity contribution is 7.07. The molecule has 0 aliphatic carbocycles. The second kappa shape index (κ2) is 5.95. The van der Waals surface area contributed by atoms with Crippen molar-refractivity contribution in [3.8, 4) is 0 Å². The number of hydrogen-bond donors (Lipinski definition) is 2. The van der Waals surface area contributed by atoms with Crippen molar-refractivity contribution >= 4 is 17.2 Å². The molecule has 2 rings (SSSR count). The van der Waals surface area contributed by atoms with E-state index in [0.717, 1.165) is 0 Å². The highest BCUT2D eigenvalue weighted by Gasteiger charge is 2.09. The van der Waals surface area contributed by atoms with Crippen molar-refractivity contribution in [1.29, 1.82) is 0 Å². The number of benzene rings is 1. The van der Waals surface area contributed by atoms with Crippen LogP contribution in [0.25, 0.3) is 0 Å². The Morgan fingerprint density at radius 3 is 2.84 bits per heavy atom. The van der Waals surface area contributed by atoms with E-state index in [2.05, 4.69) is 10.7 Å². The largest absolute Gasteiger partial charge is 0.366 e. The number of halogens is 1. The summed E-state index contributed by atoms with van der Waals surface area (Å²) in [5, 5.41) is 7.31. The summed E-state index contributed by atoms with van der Waals surface area (Å²) in [6.07, 6.45) is 0.